The molecule has 210 valence electrons. The number of aromatic nitrogens is 1. The number of benzene rings is 3. The highest BCUT2D eigenvalue weighted by Gasteiger charge is 2.36. The van der Waals surface area contributed by atoms with Crippen LogP contribution in [0, 0.1) is 12.3 Å². The molecule has 42 heavy (non-hydrogen) atoms. The van der Waals surface area contributed by atoms with E-state index in [1.54, 1.807) is 6.08 Å². The second-order valence-corrected chi connectivity index (χ2v) is 10.9. The molecule has 1 amide bonds. The number of hydrazone groups is 1. The molecule has 0 saturated carbocycles. The van der Waals surface area contributed by atoms with Crippen molar-refractivity contribution in [2.75, 3.05) is 13.2 Å². The van der Waals surface area contributed by atoms with E-state index in [1.807, 2.05) is 92.0 Å². The number of thioether (sulfide) groups is 1. The molecule has 4 aromatic rings. The molecule has 2 aliphatic rings. The number of aryl methyl sites for hydroxylation is 1. The molecule has 6 rings (SSSR count). The number of aliphatic imine (C=N–C) groups is 1. The van der Waals surface area contributed by atoms with Gasteiger partial charge in [0.05, 0.1) is 12.1 Å². The Hall–Kier alpha value is -4.89. The van der Waals surface area contributed by atoms with Gasteiger partial charge in [0.25, 0.3) is 5.91 Å². The second kappa shape index (κ2) is 11.9. The van der Waals surface area contributed by atoms with Crippen molar-refractivity contribution in [1.82, 2.24) is 9.58 Å². The van der Waals surface area contributed by atoms with Crippen LogP contribution < -0.4 is 9.47 Å². The van der Waals surface area contributed by atoms with Crippen LogP contribution in [-0.4, -0.2) is 44.7 Å². The highest BCUT2D eigenvalue weighted by Crippen LogP contribution is 2.31. The average Bonchev–Trinajstić information content (AvgIpc) is 3.57. The van der Waals surface area contributed by atoms with Gasteiger partial charge in [-0.3, -0.25) is 10.2 Å². The molecule has 0 bridgehead atoms. The van der Waals surface area contributed by atoms with Crippen molar-refractivity contribution in [3.63, 3.8) is 0 Å². The number of carbonyl (C=O) groups is 1. The summed E-state index contributed by atoms with van der Waals surface area (Å²) in [5.74, 6) is 1.14. The fraction of sp³-hybridized carbons (Fsp3) is 0.152. The van der Waals surface area contributed by atoms with E-state index in [0.29, 0.717) is 23.4 Å². The van der Waals surface area contributed by atoms with E-state index in [-0.39, 0.29) is 18.0 Å². The number of ether oxygens (including phenoxy) is 2. The van der Waals surface area contributed by atoms with Crippen LogP contribution in [0.15, 0.2) is 107 Å². The first-order chi connectivity index (χ1) is 20.5. The smallest absolute Gasteiger partial charge is 0.283 e. The number of nitrogens with one attached hydrogen (secondary N) is 1. The van der Waals surface area contributed by atoms with Gasteiger partial charge in [0, 0.05) is 22.7 Å². The van der Waals surface area contributed by atoms with Crippen LogP contribution in [0.4, 0.5) is 0 Å². The molecule has 3 heterocycles. The lowest BCUT2D eigenvalue weighted by molar-refractivity contribution is -0.114. The monoisotopic (exact) mass is 575 g/mol. The molecule has 1 N–H and O–H groups in total. The van der Waals surface area contributed by atoms with Gasteiger partial charge in [0.1, 0.15) is 29.8 Å². The molecule has 0 atom stereocenters. The van der Waals surface area contributed by atoms with Crippen molar-refractivity contribution in [1.29, 1.82) is 5.41 Å². The van der Waals surface area contributed by atoms with Gasteiger partial charge in [-0.1, -0.05) is 60.7 Å². The van der Waals surface area contributed by atoms with E-state index in [2.05, 4.69) is 21.2 Å². The minimum atomic E-state index is -0.464. The van der Waals surface area contributed by atoms with Crippen LogP contribution in [0.2, 0.25) is 0 Å². The van der Waals surface area contributed by atoms with Crippen molar-refractivity contribution < 1.29 is 14.3 Å². The predicted molar refractivity (Wildman–Crippen MR) is 169 cm³/mol. The number of hydrogen-bond donors (Lipinski definition) is 1. The number of carbonyl (C=O) groups excluding carboxylic acids is 1. The van der Waals surface area contributed by atoms with Crippen molar-refractivity contribution >= 4 is 50.7 Å². The van der Waals surface area contributed by atoms with Gasteiger partial charge in [-0.25, -0.2) is 0 Å². The lowest BCUT2D eigenvalue weighted by atomic mass is 10.1. The molecule has 0 fully saturated rings. The topological polar surface area (TPSA) is 92.3 Å². The SMILES string of the molecule is C=CCc1ccccc1OCCn1cc(C=C2C(=N)N3N=C(COc4ccccc4C)SC3=NC2=O)c2ccccc21. The summed E-state index contributed by atoms with van der Waals surface area (Å²) in [4.78, 5) is 17.3. The normalized spacial score (nSPS) is 15.5. The van der Waals surface area contributed by atoms with Gasteiger partial charge in [0.2, 0.25) is 5.17 Å². The van der Waals surface area contributed by atoms with Crippen LogP contribution in [0.1, 0.15) is 16.7 Å². The molecular formula is C33H29N5O3S. The number of allylic oxidation sites excluding steroid dienone is 1. The van der Waals surface area contributed by atoms with Gasteiger partial charge in [-0.2, -0.15) is 15.1 Å². The number of para-hydroxylation sites is 3. The van der Waals surface area contributed by atoms with Gasteiger partial charge >= 0.3 is 0 Å². The predicted octanol–water partition coefficient (Wildman–Crippen LogP) is 6.46. The fourth-order valence-corrected chi connectivity index (χ4v) is 5.70. The van der Waals surface area contributed by atoms with E-state index in [4.69, 9.17) is 14.9 Å². The van der Waals surface area contributed by atoms with Crippen LogP contribution in [0.3, 0.4) is 0 Å². The zero-order valence-corrected chi connectivity index (χ0v) is 23.9. The largest absolute Gasteiger partial charge is 0.491 e. The summed E-state index contributed by atoms with van der Waals surface area (Å²) in [6, 6.07) is 23.7. The maximum atomic E-state index is 13.1. The second-order valence-electron chi connectivity index (χ2n) is 9.81. The highest BCUT2D eigenvalue weighted by molar-refractivity contribution is 8.27. The Morgan fingerprint density at radius 2 is 1.76 bits per heavy atom. The molecule has 0 saturated heterocycles. The molecule has 9 heteroatoms. The third-order valence-electron chi connectivity index (χ3n) is 6.99. The number of hydrogen-bond acceptors (Lipinski definition) is 6. The molecular weight excluding hydrogens is 546 g/mol. The minimum absolute atomic E-state index is 0.0117. The first-order valence-corrected chi connectivity index (χ1v) is 14.4. The Kier molecular flexibility index (Phi) is 7.74. The van der Waals surface area contributed by atoms with E-state index >= 15 is 0 Å². The van der Waals surface area contributed by atoms with Gasteiger partial charge in [-0.05, 0) is 60.5 Å². The minimum Gasteiger partial charge on any atom is -0.491 e. The third kappa shape index (κ3) is 5.51. The molecule has 8 nitrogen and oxygen atoms in total. The molecule has 0 spiro atoms. The number of nitrogens with zero attached hydrogens (tertiary/aromatic N) is 4. The van der Waals surface area contributed by atoms with Crippen LogP contribution in [-0.2, 0) is 17.8 Å². The lowest BCUT2D eigenvalue weighted by Gasteiger charge is -2.20. The summed E-state index contributed by atoms with van der Waals surface area (Å²) in [5, 5.41) is 16.7. The molecule has 0 aliphatic carbocycles. The lowest BCUT2D eigenvalue weighted by Crippen LogP contribution is -2.35. The maximum absolute atomic E-state index is 13.1. The first-order valence-electron chi connectivity index (χ1n) is 13.6. The molecule has 2 aliphatic heterocycles. The Labute approximate surface area is 248 Å². The third-order valence-corrected chi connectivity index (χ3v) is 7.87. The van der Waals surface area contributed by atoms with Crippen LogP contribution in [0.5, 0.6) is 11.5 Å². The van der Waals surface area contributed by atoms with E-state index in [9.17, 15) is 4.79 Å². The van der Waals surface area contributed by atoms with Crippen molar-refractivity contribution in [2.24, 2.45) is 10.1 Å². The fourth-order valence-electron chi connectivity index (χ4n) is 4.90. The van der Waals surface area contributed by atoms with Crippen molar-refractivity contribution in [3.05, 3.63) is 114 Å². The van der Waals surface area contributed by atoms with Gasteiger partial charge < -0.3 is 14.0 Å². The Morgan fingerprint density at radius 1 is 1.00 bits per heavy atom. The molecule has 0 radical (unpaired) electrons. The van der Waals surface area contributed by atoms with Crippen molar-refractivity contribution in [2.45, 2.75) is 19.9 Å². The molecule has 0 unspecified atom stereocenters. The summed E-state index contributed by atoms with van der Waals surface area (Å²) < 4.78 is 14.2. The summed E-state index contributed by atoms with van der Waals surface area (Å²) in [6.45, 7) is 7.11. The van der Waals surface area contributed by atoms with E-state index in [1.165, 1.54) is 16.8 Å². The van der Waals surface area contributed by atoms with Crippen LogP contribution >= 0.6 is 11.8 Å². The van der Waals surface area contributed by atoms with Gasteiger partial charge in [-0.15, -0.1) is 6.58 Å². The average molecular weight is 576 g/mol. The first kappa shape index (κ1) is 27.3. The maximum Gasteiger partial charge on any atom is 0.283 e. The number of amides is 1. The number of amidine groups is 2. The zero-order chi connectivity index (χ0) is 29.1. The quantitative estimate of drug-likeness (QED) is 0.173. The van der Waals surface area contributed by atoms with Crippen LogP contribution in [0.25, 0.3) is 17.0 Å². The summed E-state index contributed by atoms with van der Waals surface area (Å²) >= 11 is 1.24. The molecule has 1 aromatic heterocycles. The summed E-state index contributed by atoms with van der Waals surface area (Å²) in [6.07, 6.45) is 6.32. The summed E-state index contributed by atoms with van der Waals surface area (Å²) in [7, 11) is 0. The summed E-state index contributed by atoms with van der Waals surface area (Å²) in [5.41, 5.74) is 4.13. The van der Waals surface area contributed by atoms with Crippen molar-refractivity contribution in [3.8, 4) is 11.5 Å². The van der Waals surface area contributed by atoms with Gasteiger partial charge in [0.15, 0.2) is 5.84 Å². The number of fused-ring (bicyclic) bond motifs is 2. The van der Waals surface area contributed by atoms with E-state index in [0.717, 1.165) is 45.5 Å². The highest BCUT2D eigenvalue weighted by atomic mass is 32.2. The molecule has 3 aromatic carbocycles. The Morgan fingerprint density at radius 3 is 2.60 bits per heavy atom. The Balaban J connectivity index is 1.21. The Bertz CT molecular complexity index is 1800. The van der Waals surface area contributed by atoms with E-state index < -0.39 is 5.91 Å². The number of rotatable bonds is 10. The zero-order valence-electron chi connectivity index (χ0n) is 23.1. The standard InChI is InChI=1S/C33H29N5O3S/c1-3-10-23-12-5-9-16-29(23)40-18-17-37-20-24(25-13-6-7-14-27(25)37)19-26-31(34)38-33(35-32(26)39)42-30(36-38)21-41-28-15-8-4-11-22(28)2/h3-9,11-16,19-20,34H,1,10,17-18,21H2,2H3.